The van der Waals surface area contributed by atoms with Crippen molar-refractivity contribution in [2.45, 2.75) is 31.8 Å². The summed E-state index contributed by atoms with van der Waals surface area (Å²) in [5.74, 6) is -0.323. The number of nitrogens with one attached hydrogen (secondary N) is 1. The maximum absolute atomic E-state index is 13.4. The number of benzene rings is 1. The predicted octanol–water partition coefficient (Wildman–Crippen LogP) is 3.05. The van der Waals surface area contributed by atoms with Gasteiger partial charge in [0.25, 0.3) is 0 Å². The average Bonchev–Trinajstić information content (AvgIpc) is 2.37. The summed E-state index contributed by atoms with van der Waals surface area (Å²) in [6, 6.07) is 5.66. The highest BCUT2D eigenvalue weighted by Gasteiger charge is 2.21. The normalized spacial score (nSPS) is 21.2. The van der Waals surface area contributed by atoms with Gasteiger partial charge in [-0.3, -0.25) is 4.90 Å². The maximum Gasteiger partial charge on any atom is 0.142 e. The number of nitrogens with zero attached hydrogens (tertiary/aromatic N) is 1. The van der Waals surface area contributed by atoms with Crippen molar-refractivity contribution in [3.63, 3.8) is 0 Å². The first-order chi connectivity index (χ1) is 8.70. The molecular weight excluding hydrogens is 251 g/mol. The predicted molar refractivity (Wildman–Crippen MR) is 73.4 cm³/mol. The molecule has 0 spiro atoms. The number of halogens is 2. The zero-order valence-electron chi connectivity index (χ0n) is 10.8. The Bertz CT molecular complexity index is 395. The van der Waals surface area contributed by atoms with Crippen molar-refractivity contribution >= 4 is 11.6 Å². The second kappa shape index (κ2) is 6.50. The molecule has 0 bridgehead atoms. The van der Waals surface area contributed by atoms with E-state index in [-0.39, 0.29) is 10.8 Å². The van der Waals surface area contributed by atoms with Crippen LogP contribution in [-0.4, -0.2) is 31.1 Å². The van der Waals surface area contributed by atoms with Crippen molar-refractivity contribution < 1.29 is 4.39 Å². The standard InChI is InChI=1S/C14H20ClFN2/c1-17-9-12-4-2-3-7-18(12)10-11-5-6-13(15)14(16)8-11/h5-6,8,12,17H,2-4,7,9-10H2,1H3. The summed E-state index contributed by atoms with van der Waals surface area (Å²) in [7, 11) is 1.98. The summed E-state index contributed by atoms with van der Waals surface area (Å²) in [4.78, 5) is 2.43. The summed E-state index contributed by atoms with van der Waals surface area (Å²) >= 11 is 5.70. The third-order valence-electron chi connectivity index (χ3n) is 3.56. The van der Waals surface area contributed by atoms with Gasteiger partial charge in [0.2, 0.25) is 0 Å². The van der Waals surface area contributed by atoms with E-state index in [4.69, 9.17) is 11.6 Å². The molecule has 0 saturated carbocycles. The van der Waals surface area contributed by atoms with Gasteiger partial charge in [0.05, 0.1) is 5.02 Å². The fraction of sp³-hybridized carbons (Fsp3) is 0.571. The Balaban J connectivity index is 2.03. The van der Waals surface area contributed by atoms with Gasteiger partial charge < -0.3 is 5.32 Å². The van der Waals surface area contributed by atoms with Gasteiger partial charge >= 0.3 is 0 Å². The van der Waals surface area contributed by atoms with Gasteiger partial charge in [-0.15, -0.1) is 0 Å². The number of hydrogen-bond donors (Lipinski definition) is 1. The first kappa shape index (κ1) is 13.8. The van der Waals surface area contributed by atoms with Crippen LogP contribution in [0.15, 0.2) is 18.2 Å². The molecule has 0 amide bonds. The van der Waals surface area contributed by atoms with E-state index in [1.54, 1.807) is 12.1 Å². The fourth-order valence-electron chi connectivity index (χ4n) is 2.61. The third kappa shape index (κ3) is 3.44. The molecule has 2 nitrogen and oxygen atoms in total. The molecule has 1 aliphatic heterocycles. The molecular formula is C14H20ClFN2. The largest absolute Gasteiger partial charge is 0.318 e. The van der Waals surface area contributed by atoms with Gasteiger partial charge in [-0.1, -0.05) is 24.1 Å². The monoisotopic (exact) mass is 270 g/mol. The van der Waals surface area contributed by atoms with Gasteiger partial charge in [-0.2, -0.15) is 0 Å². The Labute approximate surface area is 113 Å². The summed E-state index contributed by atoms with van der Waals surface area (Å²) in [6.45, 7) is 2.90. The van der Waals surface area contributed by atoms with E-state index >= 15 is 0 Å². The van der Waals surface area contributed by atoms with Crippen molar-refractivity contribution in [2.75, 3.05) is 20.1 Å². The van der Waals surface area contributed by atoms with E-state index < -0.39 is 0 Å². The summed E-state index contributed by atoms with van der Waals surface area (Å²) in [6.07, 6.45) is 3.74. The lowest BCUT2D eigenvalue weighted by molar-refractivity contribution is 0.139. The van der Waals surface area contributed by atoms with E-state index in [0.717, 1.165) is 25.2 Å². The Hall–Kier alpha value is -0.640. The van der Waals surface area contributed by atoms with Gasteiger partial charge in [-0.25, -0.2) is 4.39 Å². The smallest absolute Gasteiger partial charge is 0.142 e. The number of rotatable bonds is 4. The summed E-state index contributed by atoms with van der Waals surface area (Å²) in [5, 5.41) is 3.44. The van der Waals surface area contributed by atoms with Gasteiger partial charge in [-0.05, 0) is 44.1 Å². The molecule has 1 fully saturated rings. The molecule has 18 heavy (non-hydrogen) atoms. The van der Waals surface area contributed by atoms with Crippen LogP contribution < -0.4 is 5.32 Å². The zero-order valence-corrected chi connectivity index (χ0v) is 11.5. The molecule has 1 atom stereocenters. The van der Waals surface area contributed by atoms with Crippen LogP contribution in [0, 0.1) is 5.82 Å². The van der Waals surface area contributed by atoms with Crippen molar-refractivity contribution in [1.29, 1.82) is 0 Å². The minimum absolute atomic E-state index is 0.198. The van der Waals surface area contributed by atoms with Gasteiger partial charge in [0, 0.05) is 19.1 Å². The molecule has 1 aliphatic rings. The van der Waals surface area contributed by atoms with E-state index in [2.05, 4.69) is 10.2 Å². The molecule has 1 aromatic rings. The van der Waals surface area contributed by atoms with E-state index in [1.807, 2.05) is 13.1 Å². The molecule has 1 aromatic carbocycles. The lowest BCUT2D eigenvalue weighted by Gasteiger charge is -2.35. The number of likely N-dealkylation sites (tertiary alicyclic amines) is 1. The molecule has 0 radical (unpaired) electrons. The number of hydrogen-bond acceptors (Lipinski definition) is 2. The number of likely N-dealkylation sites (N-methyl/N-ethyl adjacent to an activating group) is 1. The summed E-state index contributed by atoms with van der Waals surface area (Å²) < 4.78 is 13.4. The minimum atomic E-state index is -0.323. The van der Waals surface area contributed by atoms with Gasteiger partial charge in [0.1, 0.15) is 5.82 Å². The molecule has 2 rings (SSSR count). The topological polar surface area (TPSA) is 15.3 Å². The van der Waals surface area contributed by atoms with Gasteiger partial charge in [0.15, 0.2) is 0 Å². The number of piperidine rings is 1. The second-order valence-corrected chi connectivity index (χ2v) is 5.33. The molecule has 100 valence electrons. The first-order valence-corrected chi connectivity index (χ1v) is 6.91. The Morgan fingerprint density at radius 1 is 1.44 bits per heavy atom. The van der Waals surface area contributed by atoms with E-state index in [9.17, 15) is 4.39 Å². The first-order valence-electron chi connectivity index (χ1n) is 6.53. The Kier molecular flexibility index (Phi) is 4.98. The molecule has 0 aliphatic carbocycles. The Morgan fingerprint density at radius 3 is 3.00 bits per heavy atom. The van der Waals surface area contributed by atoms with E-state index in [1.165, 1.54) is 19.3 Å². The zero-order chi connectivity index (χ0) is 13.0. The Morgan fingerprint density at radius 2 is 2.28 bits per heavy atom. The van der Waals surface area contributed by atoms with Crippen molar-refractivity contribution in [1.82, 2.24) is 10.2 Å². The molecule has 4 heteroatoms. The minimum Gasteiger partial charge on any atom is -0.318 e. The molecule has 1 saturated heterocycles. The summed E-state index contributed by atoms with van der Waals surface area (Å²) in [5.41, 5.74) is 1.000. The van der Waals surface area contributed by atoms with Crippen LogP contribution in [-0.2, 0) is 6.54 Å². The second-order valence-electron chi connectivity index (χ2n) is 4.93. The van der Waals surface area contributed by atoms with E-state index in [0.29, 0.717) is 6.04 Å². The molecule has 0 aromatic heterocycles. The SMILES string of the molecule is CNCC1CCCCN1Cc1ccc(Cl)c(F)c1. The van der Waals surface area contributed by atoms with Crippen LogP contribution in [0.5, 0.6) is 0 Å². The lowest BCUT2D eigenvalue weighted by Crippen LogP contribution is -2.44. The quantitative estimate of drug-likeness (QED) is 0.905. The van der Waals surface area contributed by atoms with Crippen molar-refractivity contribution in [3.8, 4) is 0 Å². The van der Waals surface area contributed by atoms with Crippen LogP contribution in [0.25, 0.3) is 0 Å². The lowest BCUT2D eigenvalue weighted by atomic mass is 10.0. The van der Waals surface area contributed by atoms with Crippen LogP contribution in [0.1, 0.15) is 24.8 Å². The van der Waals surface area contributed by atoms with Crippen molar-refractivity contribution in [2.24, 2.45) is 0 Å². The highest BCUT2D eigenvalue weighted by Crippen LogP contribution is 2.21. The van der Waals surface area contributed by atoms with Crippen LogP contribution in [0.2, 0.25) is 5.02 Å². The third-order valence-corrected chi connectivity index (χ3v) is 3.87. The molecule has 1 heterocycles. The molecule has 1 N–H and O–H groups in total. The highest BCUT2D eigenvalue weighted by molar-refractivity contribution is 6.30. The molecule has 1 unspecified atom stereocenters. The average molecular weight is 271 g/mol. The van der Waals surface area contributed by atoms with Crippen LogP contribution in [0.3, 0.4) is 0 Å². The maximum atomic E-state index is 13.4. The highest BCUT2D eigenvalue weighted by atomic mass is 35.5. The van der Waals surface area contributed by atoms with Crippen molar-refractivity contribution in [3.05, 3.63) is 34.6 Å². The van der Waals surface area contributed by atoms with Crippen LogP contribution in [0.4, 0.5) is 4.39 Å². The fourth-order valence-corrected chi connectivity index (χ4v) is 2.72. The van der Waals surface area contributed by atoms with Crippen LogP contribution >= 0.6 is 11.6 Å².